The molecule has 1 fully saturated rings. The van der Waals surface area contributed by atoms with Crippen molar-refractivity contribution in [2.24, 2.45) is 5.92 Å². The van der Waals surface area contributed by atoms with Crippen LogP contribution in [-0.2, 0) is 16.2 Å². The molecule has 1 aromatic rings. The van der Waals surface area contributed by atoms with Crippen LogP contribution < -0.4 is 0 Å². The second kappa shape index (κ2) is 10.5. The van der Waals surface area contributed by atoms with Crippen LogP contribution >= 0.6 is 0 Å². The van der Waals surface area contributed by atoms with Crippen LogP contribution in [0.1, 0.15) is 87.6 Å². The largest absolute Gasteiger partial charge is 0.373 e. The highest BCUT2D eigenvalue weighted by atomic mass is 17.2. The van der Waals surface area contributed by atoms with E-state index in [1.165, 1.54) is 50.5 Å². The standard InChI is InChI=1S/C21H32O3/c1-3-5-6-7-8-18-9-13-19(14-10-18)21(22)24-23-20-15-11-17(4-2)12-16-20/h9-10,13-14,17,20H,3-8,11-12,15-16H2,1-2H3. The van der Waals surface area contributed by atoms with Crippen molar-refractivity contribution in [3.8, 4) is 0 Å². The predicted molar refractivity (Wildman–Crippen MR) is 96.8 cm³/mol. The molecule has 134 valence electrons. The van der Waals surface area contributed by atoms with Gasteiger partial charge in [-0.05, 0) is 62.1 Å². The van der Waals surface area contributed by atoms with Gasteiger partial charge < -0.3 is 0 Å². The van der Waals surface area contributed by atoms with Gasteiger partial charge in [-0.3, -0.25) is 4.89 Å². The Hall–Kier alpha value is -1.35. The molecule has 0 bridgehead atoms. The maximum atomic E-state index is 12.1. The first kappa shape index (κ1) is 19.0. The van der Waals surface area contributed by atoms with Crippen molar-refractivity contribution in [3.63, 3.8) is 0 Å². The van der Waals surface area contributed by atoms with Gasteiger partial charge in [0.2, 0.25) is 0 Å². The summed E-state index contributed by atoms with van der Waals surface area (Å²) in [5.41, 5.74) is 1.84. The van der Waals surface area contributed by atoms with E-state index < -0.39 is 0 Å². The predicted octanol–water partition coefficient (Wildman–Crippen LogP) is 5.87. The molecule has 1 saturated carbocycles. The Balaban J connectivity index is 1.70. The first-order valence-electron chi connectivity index (χ1n) is 9.69. The molecule has 0 atom stereocenters. The molecule has 0 N–H and O–H groups in total. The fourth-order valence-electron chi connectivity index (χ4n) is 3.36. The number of unbranched alkanes of at least 4 members (excludes halogenated alkanes) is 3. The number of rotatable bonds is 9. The van der Waals surface area contributed by atoms with Gasteiger partial charge in [0.25, 0.3) is 0 Å². The highest BCUT2D eigenvalue weighted by molar-refractivity contribution is 5.88. The zero-order chi connectivity index (χ0) is 17.2. The number of benzene rings is 1. The maximum absolute atomic E-state index is 12.1. The molecular weight excluding hydrogens is 300 g/mol. The van der Waals surface area contributed by atoms with Crippen molar-refractivity contribution in [1.29, 1.82) is 0 Å². The van der Waals surface area contributed by atoms with Gasteiger partial charge in [0, 0.05) is 0 Å². The Labute approximate surface area is 146 Å². The Bertz CT molecular complexity index is 472. The van der Waals surface area contributed by atoms with Crippen LogP contribution in [0.5, 0.6) is 0 Å². The lowest BCUT2D eigenvalue weighted by Crippen LogP contribution is -2.23. The molecule has 0 spiro atoms. The van der Waals surface area contributed by atoms with Crippen molar-refractivity contribution in [1.82, 2.24) is 0 Å². The summed E-state index contributed by atoms with van der Waals surface area (Å²) in [6, 6.07) is 7.73. The Morgan fingerprint density at radius 1 is 1.00 bits per heavy atom. The molecule has 0 saturated heterocycles. The Kier molecular flexibility index (Phi) is 8.31. The van der Waals surface area contributed by atoms with Crippen LogP contribution in [0.3, 0.4) is 0 Å². The smallest absolute Gasteiger partial charge is 0.293 e. The van der Waals surface area contributed by atoms with Crippen molar-refractivity contribution in [3.05, 3.63) is 35.4 Å². The minimum atomic E-state index is -0.384. The molecule has 24 heavy (non-hydrogen) atoms. The first-order chi connectivity index (χ1) is 11.7. The Morgan fingerprint density at radius 2 is 1.71 bits per heavy atom. The SMILES string of the molecule is CCCCCCc1ccc(C(=O)OOC2CCC(CC)CC2)cc1. The molecular formula is C21H32O3. The molecule has 2 rings (SSSR count). The van der Waals surface area contributed by atoms with E-state index in [1.807, 2.05) is 24.3 Å². The maximum Gasteiger partial charge on any atom is 0.373 e. The highest BCUT2D eigenvalue weighted by Gasteiger charge is 2.22. The van der Waals surface area contributed by atoms with Gasteiger partial charge in [0.05, 0.1) is 5.56 Å². The van der Waals surface area contributed by atoms with E-state index in [4.69, 9.17) is 9.78 Å². The normalized spacial score (nSPS) is 20.8. The second-order valence-electron chi connectivity index (χ2n) is 7.03. The van der Waals surface area contributed by atoms with Crippen LogP contribution in [0.25, 0.3) is 0 Å². The molecule has 1 aliphatic rings. The molecule has 0 radical (unpaired) electrons. The fraction of sp³-hybridized carbons (Fsp3) is 0.667. The molecule has 0 amide bonds. The van der Waals surface area contributed by atoms with Crippen LogP contribution in [0.15, 0.2) is 24.3 Å². The van der Waals surface area contributed by atoms with Crippen molar-refractivity contribution in [2.45, 2.75) is 84.2 Å². The number of carbonyl (C=O) groups excluding carboxylic acids is 1. The second-order valence-corrected chi connectivity index (χ2v) is 7.03. The number of carbonyl (C=O) groups is 1. The highest BCUT2D eigenvalue weighted by Crippen LogP contribution is 2.28. The van der Waals surface area contributed by atoms with E-state index in [0.29, 0.717) is 5.56 Å². The molecule has 0 heterocycles. The third kappa shape index (κ3) is 6.27. The first-order valence-corrected chi connectivity index (χ1v) is 9.69. The van der Waals surface area contributed by atoms with Crippen molar-refractivity contribution in [2.75, 3.05) is 0 Å². The van der Waals surface area contributed by atoms with Crippen LogP contribution in [-0.4, -0.2) is 12.1 Å². The summed E-state index contributed by atoms with van der Waals surface area (Å²) in [6.45, 7) is 4.46. The third-order valence-electron chi connectivity index (χ3n) is 5.14. The van der Waals surface area contributed by atoms with E-state index in [-0.39, 0.29) is 12.1 Å². The van der Waals surface area contributed by atoms with E-state index in [9.17, 15) is 4.79 Å². The van der Waals surface area contributed by atoms with Gasteiger partial charge in [-0.25, -0.2) is 4.79 Å². The zero-order valence-electron chi connectivity index (χ0n) is 15.3. The van der Waals surface area contributed by atoms with Gasteiger partial charge in [-0.1, -0.05) is 51.7 Å². The molecule has 3 nitrogen and oxygen atoms in total. The van der Waals surface area contributed by atoms with Gasteiger partial charge in [0.1, 0.15) is 6.10 Å². The molecule has 0 aliphatic heterocycles. The quantitative estimate of drug-likeness (QED) is 0.322. The average molecular weight is 332 g/mol. The van der Waals surface area contributed by atoms with E-state index in [1.54, 1.807) is 0 Å². The summed E-state index contributed by atoms with van der Waals surface area (Å²) in [5.74, 6) is 0.426. The van der Waals surface area contributed by atoms with E-state index >= 15 is 0 Å². The summed E-state index contributed by atoms with van der Waals surface area (Å²) < 4.78 is 0. The molecule has 0 aromatic heterocycles. The number of hydrogen-bond acceptors (Lipinski definition) is 3. The lowest BCUT2D eigenvalue weighted by Gasteiger charge is -2.26. The third-order valence-corrected chi connectivity index (χ3v) is 5.14. The summed E-state index contributed by atoms with van der Waals surface area (Å²) in [5, 5.41) is 0. The zero-order valence-corrected chi connectivity index (χ0v) is 15.3. The van der Waals surface area contributed by atoms with Crippen molar-refractivity contribution >= 4 is 5.97 Å². The summed E-state index contributed by atoms with van der Waals surface area (Å²) >= 11 is 0. The summed E-state index contributed by atoms with van der Waals surface area (Å²) in [6.07, 6.45) is 11.7. The average Bonchev–Trinajstić information content (AvgIpc) is 2.64. The molecule has 0 unspecified atom stereocenters. The van der Waals surface area contributed by atoms with Gasteiger partial charge in [-0.15, -0.1) is 0 Å². The van der Waals surface area contributed by atoms with Crippen LogP contribution in [0.4, 0.5) is 0 Å². The molecule has 1 aromatic carbocycles. The van der Waals surface area contributed by atoms with Crippen LogP contribution in [0, 0.1) is 5.92 Å². The molecule has 1 aliphatic carbocycles. The van der Waals surface area contributed by atoms with Crippen molar-refractivity contribution < 1.29 is 14.6 Å². The van der Waals surface area contributed by atoms with Crippen LogP contribution in [0.2, 0.25) is 0 Å². The number of aryl methyl sites for hydroxylation is 1. The van der Waals surface area contributed by atoms with E-state index in [2.05, 4.69) is 13.8 Å². The lowest BCUT2D eigenvalue weighted by molar-refractivity contribution is -0.280. The number of hydrogen-bond donors (Lipinski definition) is 0. The summed E-state index contributed by atoms with van der Waals surface area (Å²) in [4.78, 5) is 22.5. The summed E-state index contributed by atoms with van der Waals surface area (Å²) in [7, 11) is 0. The Morgan fingerprint density at radius 3 is 2.33 bits per heavy atom. The topological polar surface area (TPSA) is 35.5 Å². The lowest BCUT2D eigenvalue weighted by atomic mass is 9.86. The minimum Gasteiger partial charge on any atom is -0.293 e. The monoisotopic (exact) mass is 332 g/mol. The van der Waals surface area contributed by atoms with Gasteiger partial charge >= 0.3 is 5.97 Å². The van der Waals surface area contributed by atoms with Gasteiger partial charge in [-0.2, -0.15) is 4.89 Å². The van der Waals surface area contributed by atoms with Gasteiger partial charge in [0.15, 0.2) is 0 Å². The fourth-order valence-corrected chi connectivity index (χ4v) is 3.36. The molecule has 3 heteroatoms. The van der Waals surface area contributed by atoms with E-state index in [0.717, 1.165) is 25.2 Å². The minimum absolute atomic E-state index is 0.0644.